The maximum absolute atomic E-state index is 12.0. The summed E-state index contributed by atoms with van der Waals surface area (Å²) in [4.78, 5) is 24.7. The second-order valence-corrected chi connectivity index (χ2v) is 6.34. The number of halogens is 1. The minimum Gasteiger partial charge on any atom is -0.463 e. The minimum absolute atomic E-state index is 0.200. The van der Waals surface area contributed by atoms with Gasteiger partial charge in [-0.1, -0.05) is 28.1 Å². The van der Waals surface area contributed by atoms with Crippen LogP contribution < -0.4 is 15.5 Å². The second kappa shape index (κ2) is 8.12. The molecular weight excluding hydrogens is 362 g/mol. The van der Waals surface area contributed by atoms with E-state index in [4.69, 9.17) is 4.74 Å². The van der Waals surface area contributed by atoms with Gasteiger partial charge < -0.3 is 20.3 Å². The van der Waals surface area contributed by atoms with Crippen LogP contribution in [0.4, 0.5) is 4.79 Å². The topological polar surface area (TPSA) is 71.9 Å². The Labute approximate surface area is 144 Å². The van der Waals surface area contributed by atoms with Crippen molar-refractivity contribution in [1.29, 1.82) is 0 Å². The molecule has 124 valence electrons. The molecule has 0 aromatic heterocycles. The van der Waals surface area contributed by atoms with E-state index in [-0.39, 0.29) is 18.5 Å². The predicted molar refractivity (Wildman–Crippen MR) is 89.8 cm³/mol. The third-order valence-electron chi connectivity index (χ3n) is 3.47. The van der Waals surface area contributed by atoms with Gasteiger partial charge in [0, 0.05) is 10.0 Å². The zero-order valence-electron chi connectivity index (χ0n) is 13.2. The molecule has 6 nitrogen and oxygen atoms in total. The number of urea groups is 1. The maximum atomic E-state index is 12.0. The van der Waals surface area contributed by atoms with E-state index >= 15 is 0 Å². The summed E-state index contributed by atoms with van der Waals surface area (Å²) >= 11 is 3.42. The number of hydrogen-bond acceptors (Lipinski definition) is 3. The zero-order chi connectivity index (χ0) is 16.8. The van der Waals surface area contributed by atoms with Gasteiger partial charge in [-0.05, 0) is 19.1 Å². The van der Waals surface area contributed by atoms with Gasteiger partial charge in [-0.3, -0.25) is 0 Å². The molecule has 3 N–H and O–H groups in total. The van der Waals surface area contributed by atoms with Gasteiger partial charge in [0.2, 0.25) is 0 Å². The van der Waals surface area contributed by atoms with Crippen molar-refractivity contribution in [3.8, 4) is 0 Å². The SMILES string of the molecule is CCOC(=O)C1=C(C[NH+](C)Cc2ccc(Br)cc2)NC(=O)NC1. The number of ether oxygens (including phenoxy) is 1. The van der Waals surface area contributed by atoms with E-state index in [0.717, 1.165) is 15.9 Å². The van der Waals surface area contributed by atoms with E-state index in [2.05, 4.69) is 38.7 Å². The molecule has 2 amide bonds. The summed E-state index contributed by atoms with van der Waals surface area (Å²) in [5.74, 6) is -0.383. The quantitative estimate of drug-likeness (QED) is 0.630. The molecule has 2 rings (SSSR count). The van der Waals surface area contributed by atoms with E-state index in [0.29, 0.717) is 24.4 Å². The van der Waals surface area contributed by atoms with Gasteiger partial charge in [0.15, 0.2) is 0 Å². The van der Waals surface area contributed by atoms with Gasteiger partial charge in [-0.15, -0.1) is 0 Å². The summed E-state index contributed by atoms with van der Waals surface area (Å²) in [6.45, 7) is 3.60. The molecule has 0 fully saturated rings. The summed E-state index contributed by atoms with van der Waals surface area (Å²) in [5.41, 5.74) is 2.30. The Morgan fingerprint density at radius 1 is 1.30 bits per heavy atom. The largest absolute Gasteiger partial charge is 0.463 e. The first-order valence-electron chi connectivity index (χ1n) is 7.49. The maximum Gasteiger partial charge on any atom is 0.337 e. The summed E-state index contributed by atoms with van der Waals surface area (Å²) in [7, 11) is 2.02. The van der Waals surface area contributed by atoms with Crippen LogP contribution in [0.25, 0.3) is 0 Å². The van der Waals surface area contributed by atoms with Crippen LogP contribution in [0.5, 0.6) is 0 Å². The molecule has 23 heavy (non-hydrogen) atoms. The van der Waals surface area contributed by atoms with Gasteiger partial charge in [-0.2, -0.15) is 0 Å². The first-order valence-corrected chi connectivity index (χ1v) is 8.28. The Kier molecular flexibility index (Phi) is 6.18. The fourth-order valence-electron chi connectivity index (χ4n) is 2.41. The van der Waals surface area contributed by atoms with Crippen LogP contribution in [0, 0.1) is 0 Å². The number of nitrogens with one attached hydrogen (secondary N) is 3. The summed E-state index contributed by atoms with van der Waals surface area (Å²) in [5, 5.41) is 5.34. The highest BCUT2D eigenvalue weighted by Crippen LogP contribution is 2.10. The average molecular weight is 383 g/mol. The van der Waals surface area contributed by atoms with Crippen molar-refractivity contribution in [2.24, 2.45) is 0 Å². The molecule has 0 spiro atoms. The highest BCUT2D eigenvalue weighted by Gasteiger charge is 2.25. The number of hydrogen-bond donors (Lipinski definition) is 3. The van der Waals surface area contributed by atoms with E-state index < -0.39 is 0 Å². The molecule has 1 atom stereocenters. The third kappa shape index (κ3) is 5.07. The van der Waals surface area contributed by atoms with Crippen molar-refractivity contribution in [1.82, 2.24) is 10.6 Å². The van der Waals surface area contributed by atoms with Crippen LogP contribution in [-0.4, -0.2) is 38.7 Å². The van der Waals surface area contributed by atoms with E-state index in [1.54, 1.807) is 6.92 Å². The smallest absolute Gasteiger partial charge is 0.337 e. The molecule has 1 aromatic rings. The molecule has 1 aliphatic heterocycles. The third-order valence-corrected chi connectivity index (χ3v) is 4.00. The van der Waals surface area contributed by atoms with E-state index in [1.807, 2.05) is 19.2 Å². The normalized spacial score (nSPS) is 15.7. The number of quaternary nitrogens is 1. The van der Waals surface area contributed by atoms with Crippen molar-refractivity contribution < 1.29 is 19.2 Å². The molecule has 7 heteroatoms. The lowest BCUT2D eigenvalue weighted by Crippen LogP contribution is -3.08. The molecule has 0 saturated heterocycles. The van der Waals surface area contributed by atoms with Crippen LogP contribution in [-0.2, 0) is 16.1 Å². The number of rotatable bonds is 6. The van der Waals surface area contributed by atoms with Crippen LogP contribution in [0.2, 0.25) is 0 Å². The van der Waals surface area contributed by atoms with Crippen LogP contribution in [0.15, 0.2) is 40.0 Å². The lowest BCUT2D eigenvalue weighted by atomic mass is 10.1. The highest BCUT2D eigenvalue weighted by molar-refractivity contribution is 9.10. The molecule has 1 aromatic carbocycles. The first kappa shape index (κ1) is 17.5. The lowest BCUT2D eigenvalue weighted by Gasteiger charge is -2.23. The van der Waals surface area contributed by atoms with Gasteiger partial charge in [-0.25, -0.2) is 9.59 Å². The Bertz CT molecular complexity index is 614. The Morgan fingerprint density at radius 3 is 2.65 bits per heavy atom. The van der Waals surface area contributed by atoms with E-state index in [1.165, 1.54) is 5.56 Å². The average Bonchev–Trinajstić information content (AvgIpc) is 2.50. The van der Waals surface area contributed by atoms with Gasteiger partial charge >= 0.3 is 12.0 Å². The number of likely N-dealkylation sites (N-methyl/N-ethyl adjacent to an activating group) is 1. The lowest BCUT2D eigenvalue weighted by molar-refractivity contribution is -0.889. The van der Waals surface area contributed by atoms with Gasteiger partial charge in [0.05, 0.1) is 31.5 Å². The molecule has 1 aliphatic rings. The Morgan fingerprint density at radius 2 is 2.00 bits per heavy atom. The molecule has 0 aliphatic carbocycles. The summed E-state index contributed by atoms with van der Waals surface area (Å²) < 4.78 is 6.10. The minimum atomic E-state index is -0.383. The number of esters is 1. The fraction of sp³-hybridized carbons (Fsp3) is 0.375. The molecule has 0 radical (unpaired) electrons. The molecule has 1 heterocycles. The van der Waals surface area contributed by atoms with Gasteiger partial charge in [0.1, 0.15) is 13.1 Å². The molecule has 1 unspecified atom stereocenters. The fourth-order valence-corrected chi connectivity index (χ4v) is 2.68. The number of carbonyl (C=O) groups excluding carboxylic acids is 2. The highest BCUT2D eigenvalue weighted by atomic mass is 79.9. The predicted octanol–water partition coefficient (Wildman–Crippen LogP) is 0.594. The van der Waals surface area contributed by atoms with Crippen molar-refractivity contribution in [3.63, 3.8) is 0 Å². The Hall–Kier alpha value is -1.86. The summed E-state index contributed by atoms with van der Waals surface area (Å²) in [6.07, 6.45) is 0. The number of carbonyl (C=O) groups is 2. The first-order chi connectivity index (χ1) is 11.0. The van der Waals surface area contributed by atoms with Crippen molar-refractivity contribution >= 4 is 27.9 Å². The van der Waals surface area contributed by atoms with Crippen molar-refractivity contribution in [2.75, 3.05) is 26.7 Å². The summed E-state index contributed by atoms with van der Waals surface area (Å²) in [6, 6.07) is 7.81. The number of benzene rings is 1. The van der Waals surface area contributed by atoms with Crippen LogP contribution in [0.3, 0.4) is 0 Å². The van der Waals surface area contributed by atoms with Gasteiger partial charge in [0.25, 0.3) is 0 Å². The van der Waals surface area contributed by atoms with Crippen LogP contribution >= 0.6 is 15.9 Å². The van der Waals surface area contributed by atoms with Crippen LogP contribution in [0.1, 0.15) is 12.5 Å². The standard InChI is InChI=1S/C16H20BrN3O3/c1-3-23-15(21)13-8-18-16(22)19-14(13)10-20(2)9-11-4-6-12(17)7-5-11/h4-7H,3,8-10H2,1-2H3,(H2,18,19,22)/p+1. The zero-order valence-corrected chi connectivity index (χ0v) is 14.8. The van der Waals surface area contributed by atoms with Crippen molar-refractivity contribution in [3.05, 3.63) is 45.6 Å². The molecule has 0 bridgehead atoms. The molecule has 0 saturated carbocycles. The van der Waals surface area contributed by atoms with E-state index in [9.17, 15) is 9.59 Å². The number of amides is 2. The second-order valence-electron chi connectivity index (χ2n) is 5.42. The monoisotopic (exact) mass is 382 g/mol. The van der Waals surface area contributed by atoms with Crippen molar-refractivity contribution in [2.45, 2.75) is 13.5 Å². The Balaban J connectivity index is 2.08. The molecular formula is C16H21BrN3O3+.